The van der Waals surface area contributed by atoms with Gasteiger partial charge in [-0.25, -0.2) is 9.67 Å². The zero-order valence-electron chi connectivity index (χ0n) is 19.8. The highest BCUT2D eigenvalue weighted by atomic mass is 16.5. The molecular formula is C25H21N9O2. The summed E-state index contributed by atoms with van der Waals surface area (Å²) in [5, 5.41) is 18.5. The van der Waals surface area contributed by atoms with E-state index in [9.17, 15) is 10.1 Å². The first kappa shape index (κ1) is 22.7. The molecular weight excluding hydrogens is 458 g/mol. The zero-order valence-corrected chi connectivity index (χ0v) is 19.8. The number of nitriles is 1. The van der Waals surface area contributed by atoms with Gasteiger partial charge in [0.25, 0.3) is 5.56 Å². The van der Waals surface area contributed by atoms with Gasteiger partial charge in [0, 0.05) is 24.4 Å². The first-order chi connectivity index (χ1) is 17.4. The van der Waals surface area contributed by atoms with Crippen molar-refractivity contribution in [3.8, 4) is 34.6 Å². The minimum Gasteiger partial charge on any atom is -0.456 e. The van der Waals surface area contributed by atoms with Crippen molar-refractivity contribution in [2.75, 3.05) is 5.73 Å². The fourth-order valence-corrected chi connectivity index (χ4v) is 3.81. The average Bonchev–Trinajstić information content (AvgIpc) is 3.31. The van der Waals surface area contributed by atoms with E-state index in [1.807, 2.05) is 26.0 Å². The van der Waals surface area contributed by atoms with Crippen molar-refractivity contribution in [3.05, 3.63) is 81.4 Å². The summed E-state index contributed by atoms with van der Waals surface area (Å²) in [5.41, 5.74) is 11.1. The van der Waals surface area contributed by atoms with Gasteiger partial charge in [-0.2, -0.15) is 19.9 Å². The number of aromatic nitrogens is 7. The molecule has 0 aliphatic carbocycles. The maximum atomic E-state index is 12.0. The number of benzene rings is 1. The van der Waals surface area contributed by atoms with Gasteiger partial charge in [-0.05, 0) is 37.6 Å². The van der Waals surface area contributed by atoms with Gasteiger partial charge in [0.1, 0.15) is 6.61 Å². The molecule has 0 atom stereocenters. The van der Waals surface area contributed by atoms with Crippen LogP contribution in [0, 0.1) is 25.2 Å². The normalized spacial score (nSPS) is 10.9. The van der Waals surface area contributed by atoms with E-state index in [1.165, 1.54) is 15.3 Å². The molecule has 0 saturated carbocycles. The number of anilines is 1. The third-order valence-corrected chi connectivity index (χ3v) is 5.69. The van der Waals surface area contributed by atoms with Crippen molar-refractivity contribution in [2.45, 2.75) is 20.5 Å². The van der Waals surface area contributed by atoms with Crippen LogP contribution in [0.5, 0.6) is 6.01 Å². The number of hydrogen-bond donors (Lipinski definition) is 1. The molecule has 0 bridgehead atoms. The van der Waals surface area contributed by atoms with Gasteiger partial charge in [0.05, 0.1) is 34.3 Å². The van der Waals surface area contributed by atoms with Gasteiger partial charge in [-0.1, -0.05) is 24.3 Å². The van der Waals surface area contributed by atoms with Crippen LogP contribution in [0.15, 0.2) is 53.3 Å². The van der Waals surface area contributed by atoms with Crippen LogP contribution in [-0.4, -0.2) is 34.3 Å². The Morgan fingerprint density at radius 1 is 1.03 bits per heavy atom. The standard InChI is InChI=1S/C25H21N9O2/c1-14-8-9-15(2)28-19(14)13-36-25-30-23-21(18-10-11-20(35)33(3)31-18)22(29-24(27)34(23)32-25)17-7-5-4-6-16(17)12-26/h4-11H,13H2,1-3H3,(H2,27,29). The molecule has 11 nitrogen and oxygen atoms in total. The molecule has 4 heterocycles. The minimum atomic E-state index is -0.274. The van der Waals surface area contributed by atoms with Crippen molar-refractivity contribution in [3.63, 3.8) is 0 Å². The monoisotopic (exact) mass is 479 g/mol. The van der Waals surface area contributed by atoms with E-state index < -0.39 is 0 Å². The molecule has 0 spiro atoms. The molecule has 0 saturated heterocycles. The molecule has 0 unspecified atom stereocenters. The first-order valence-electron chi connectivity index (χ1n) is 11.0. The summed E-state index contributed by atoms with van der Waals surface area (Å²) in [5.74, 6) is 0.0496. The lowest BCUT2D eigenvalue weighted by Gasteiger charge is -2.12. The second-order valence-electron chi connectivity index (χ2n) is 8.17. The molecule has 0 aliphatic rings. The van der Waals surface area contributed by atoms with E-state index in [0.717, 1.165) is 17.0 Å². The maximum absolute atomic E-state index is 12.0. The van der Waals surface area contributed by atoms with E-state index in [1.54, 1.807) is 37.4 Å². The summed E-state index contributed by atoms with van der Waals surface area (Å²) in [6.07, 6.45) is 0. The SMILES string of the molecule is Cc1ccc(C)c(COc2nc3c(-c4ccc(=O)n(C)n4)c(-c4ccccc4C#N)nc(N)n3n2)n1. The van der Waals surface area contributed by atoms with E-state index in [-0.39, 0.29) is 24.1 Å². The Bertz CT molecular complexity index is 1730. The Morgan fingerprint density at radius 2 is 1.83 bits per heavy atom. The van der Waals surface area contributed by atoms with E-state index in [0.29, 0.717) is 33.7 Å². The van der Waals surface area contributed by atoms with Crippen LogP contribution in [0.3, 0.4) is 0 Å². The predicted molar refractivity (Wildman–Crippen MR) is 132 cm³/mol. The van der Waals surface area contributed by atoms with Crippen molar-refractivity contribution >= 4 is 11.6 Å². The minimum absolute atomic E-state index is 0.0496. The Morgan fingerprint density at radius 3 is 2.61 bits per heavy atom. The fourth-order valence-electron chi connectivity index (χ4n) is 3.81. The van der Waals surface area contributed by atoms with Crippen LogP contribution in [0.1, 0.15) is 22.5 Å². The number of pyridine rings is 1. The van der Waals surface area contributed by atoms with E-state index in [4.69, 9.17) is 10.5 Å². The largest absolute Gasteiger partial charge is 0.456 e. The summed E-state index contributed by atoms with van der Waals surface area (Å²) in [4.78, 5) is 25.7. The van der Waals surface area contributed by atoms with Crippen molar-refractivity contribution in [2.24, 2.45) is 7.05 Å². The topological polar surface area (TPSA) is 150 Å². The average molecular weight is 480 g/mol. The number of ether oxygens (including phenoxy) is 1. The third-order valence-electron chi connectivity index (χ3n) is 5.69. The molecule has 0 radical (unpaired) electrons. The molecule has 0 aliphatic heterocycles. The van der Waals surface area contributed by atoms with Crippen molar-refractivity contribution in [1.29, 1.82) is 5.26 Å². The molecule has 5 aromatic rings. The third kappa shape index (κ3) is 4.01. The number of fused-ring (bicyclic) bond motifs is 1. The molecule has 0 fully saturated rings. The van der Waals surface area contributed by atoms with Crippen molar-refractivity contribution in [1.82, 2.24) is 34.3 Å². The number of nitrogens with zero attached hydrogens (tertiary/aromatic N) is 8. The second kappa shape index (κ2) is 8.92. The van der Waals surface area contributed by atoms with Gasteiger partial charge >= 0.3 is 6.01 Å². The van der Waals surface area contributed by atoms with Gasteiger partial charge < -0.3 is 10.5 Å². The molecule has 5 rings (SSSR count). The van der Waals surface area contributed by atoms with Crippen LogP contribution >= 0.6 is 0 Å². The Hall–Kier alpha value is -5.11. The molecule has 11 heteroatoms. The molecule has 2 N–H and O–H groups in total. The maximum Gasteiger partial charge on any atom is 0.336 e. The Balaban J connectivity index is 1.71. The number of rotatable bonds is 5. The van der Waals surface area contributed by atoms with Crippen LogP contribution in [0.4, 0.5) is 5.95 Å². The summed E-state index contributed by atoms with van der Waals surface area (Å²) >= 11 is 0. The number of aryl methyl sites for hydroxylation is 3. The predicted octanol–water partition coefficient (Wildman–Crippen LogP) is 2.60. The summed E-state index contributed by atoms with van der Waals surface area (Å²) < 4.78 is 8.44. The lowest BCUT2D eigenvalue weighted by Crippen LogP contribution is -2.18. The molecule has 1 aromatic carbocycles. The smallest absolute Gasteiger partial charge is 0.336 e. The van der Waals surface area contributed by atoms with Gasteiger partial charge in [0.2, 0.25) is 5.95 Å². The van der Waals surface area contributed by atoms with Gasteiger partial charge in [-0.3, -0.25) is 9.78 Å². The molecule has 178 valence electrons. The van der Waals surface area contributed by atoms with Gasteiger partial charge in [-0.15, -0.1) is 5.10 Å². The summed E-state index contributed by atoms with van der Waals surface area (Å²) in [7, 11) is 1.55. The van der Waals surface area contributed by atoms with Crippen LogP contribution < -0.4 is 16.0 Å². The molecule has 0 amide bonds. The summed E-state index contributed by atoms with van der Waals surface area (Å²) in [6, 6.07) is 16.1. The molecule has 36 heavy (non-hydrogen) atoms. The fraction of sp³-hybridized carbons (Fsp3) is 0.160. The Kier molecular flexibility index (Phi) is 5.62. The number of nitrogens with two attached hydrogens (primary N) is 1. The lowest BCUT2D eigenvalue weighted by molar-refractivity contribution is 0.276. The van der Waals surface area contributed by atoms with Crippen LogP contribution in [-0.2, 0) is 13.7 Å². The quantitative estimate of drug-likeness (QED) is 0.401. The van der Waals surface area contributed by atoms with Crippen molar-refractivity contribution < 1.29 is 4.74 Å². The highest BCUT2D eigenvalue weighted by Crippen LogP contribution is 2.35. The van der Waals surface area contributed by atoms with Crippen LogP contribution in [0.25, 0.3) is 28.2 Å². The Labute approximate surface area is 205 Å². The van der Waals surface area contributed by atoms with E-state index >= 15 is 0 Å². The van der Waals surface area contributed by atoms with Crippen LogP contribution in [0.2, 0.25) is 0 Å². The number of hydrogen-bond acceptors (Lipinski definition) is 9. The lowest BCUT2D eigenvalue weighted by atomic mass is 9.99. The second-order valence-corrected chi connectivity index (χ2v) is 8.17. The highest BCUT2D eigenvalue weighted by molar-refractivity contribution is 5.90. The highest BCUT2D eigenvalue weighted by Gasteiger charge is 2.23. The summed E-state index contributed by atoms with van der Waals surface area (Å²) in [6.45, 7) is 4.02. The number of nitrogen functional groups attached to an aromatic ring is 1. The van der Waals surface area contributed by atoms with E-state index in [2.05, 4.69) is 31.2 Å². The molecule has 4 aromatic heterocycles. The zero-order chi connectivity index (χ0) is 25.4. The first-order valence-corrected chi connectivity index (χ1v) is 11.0. The van der Waals surface area contributed by atoms with Gasteiger partial charge in [0.15, 0.2) is 5.65 Å².